The van der Waals surface area contributed by atoms with E-state index in [2.05, 4.69) is 15.9 Å². The van der Waals surface area contributed by atoms with Gasteiger partial charge in [-0.1, -0.05) is 12.5 Å². The van der Waals surface area contributed by atoms with Gasteiger partial charge >= 0.3 is 0 Å². The second kappa shape index (κ2) is 8.55. The van der Waals surface area contributed by atoms with E-state index >= 15 is 0 Å². The van der Waals surface area contributed by atoms with Gasteiger partial charge < -0.3 is 9.80 Å². The summed E-state index contributed by atoms with van der Waals surface area (Å²) in [6.45, 7) is 4.12. The number of thioether (sulfide) groups is 1. The van der Waals surface area contributed by atoms with E-state index in [0.29, 0.717) is 11.1 Å². The number of hydrogen-bond acceptors (Lipinski definition) is 4. The third-order valence-corrected chi connectivity index (χ3v) is 6.05. The minimum absolute atomic E-state index is 0.0802. The highest BCUT2D eigenvalue weighted by Crippen LogP contribution is 2.21. The van der Waals surface area contributed by atoms with E-state index < -0.39 is 0 Å². The first-order valence-electron chi connectivity index (χ1n) is 8.89. The molecule has 3 rings (SSSR count). The van der Waals surface area contributed by atoms with E-state index in [1.807, 2.05) is 17.8 Å². The van der Waals surface area contributed by atoms with Crippen molar-refractivity contribution in [3.63, 3.8) is 0 Å². The number of carbonyl (C=O) groups excluding carboxylic acids is 1. The first kappa shape index (κ1) is 17.3. The van der Waals surface area contributed by atoms with E-state index in [0.717, 1.165) is 44.1 Å². The molecule has 0 aromatic heterocycles. The molecule has 1 atom stereocenters. The summed E-state index contributed by atoms with van der Waals surface area (Å²) >= 11 is 1.96. The monoisotopic (exact) mass is 343 g/mol. The molecule has 24 heavy (non-hydrogen) atoms. The molecule has 0 N–H and O–H groups in total. The molecule has 2 aliphatic heterocycles. The number of carbonyl (C=O) groups is 1. The lowest BCUT2D eigenvalue weighted by Crippen LogP contribution is -2.49. The summed E-state index contributed by atoms with van der Waals surface area (Å²) in [6, 6.07) is 9.51. The summed E-state index contributed by atoms with van der Waals surface area (Å²) in [6.07, 6.45) is 4.93. The molecule has 2 heterocycles. The summed E-state index contributed by atoms with van der Waals surface area (Å²) in [5.74, 6) is 2.22. The Morgan fingerprint density at radius 1 is 1.21 bits per heavy atom. The molecule has 0 bridgehead atoms. The summed E-state index contributed by atoms with van der Waals surface area (Å²) in [4.78, 5) is 17.6. The van der Waals surface area contributed by atoms with Gasteiger partial charge in [-0.2, -0.15) is 17.0 Å². The second-order valence-electron chi connectivity index (χ2n) is 6.63. The number of piperidine rings is 1. The fraction of sp³-hybridized carbons (Fsp3) is 0.579. The van der Waals surface area contributed by atoms with Crippen molar-refractivity contribution in [3.05, 3.63) is 35.4 Å². The molecule has 1 unspecified atom stereocenters. The van der Waals surface area contributed by atoms with Crippen molar-refractivity contribution in [2.24, 2.45) is 0 Å². The smallest absolute Gasteiger partial charge is 0.254 e. The minimum Gasteiger partial charge on any atom is -0.334 e. The lowest BCUT2D eigenvalue weighted by molar-refractivity contribution is 0.0645. The van der Waals surface area contributed by atoms with Crippen LogP contribution in [0.1, 0.15) is 41.6 Å². The molecule has 5 heteroatoms. The van der Waals surface area contributed by atoms with Gasteiger partial charge in [-0.15, -0.1) is 0 Å². The molecule has 2 aliphatic rings. The molecule has 1 amide bonds. The molecular weight excluding hydrogens is 318 g/mol. The van der Waals surface area contributed by atoms with Gasteiger partial charge in [0.05, 0.1) is 17.7 Å². The SMILES string of the molecule is N#Cc1cccc(C(=O)N2CCCSCC2CN2CCCCC2)c1. The van der Waals surface area contributed by atoms with E-state index in [-0.39, 0.29) is 11.9 Å². The molecule has 128 valence electrons. The largest absolute Gasteiger partial charge is 0.334 e. The Hall–Kier alpha value is -1.51. The van der Waals surface area contributed by atoms with Crippen molar-refractivity contribution >= 4 is 17.7 Å². The van der Waals surface area contributed by atoms with Gasteiger partial charge in [0.15, 0.2) is 0 Å². The van der Waals surface area contributed by atoms with Gasteiger partial charge in [0, 0.05) is 24.4 Å². The number of likely N-dealkylation sites (tertiary alicyclic amines) is 1. The van der Waals surface area contributed by atoms with Crippen molar-refractivity contribution in [3.8, 4) is 6.07 Å². The van der Waals surface area contributed by atoms with Crippen LogP contribution in [0.3, 0.4) is 0 Å². The van der Waals surface area contributed by atoms with Crippen LogP contribution in [0.2, 0.25) is 0 Å². The molecule has 0 radical (unpaired) electrons. The van der Waals surface area contributed by atoms with Gasteiger partial charge in [0.25, 0.3) is 5.91 Å². The first-order valence-corrected chi connectivity index (χ1v) is 10.0. The molecule has 1 aromatic rings. The molecule has 2 saturated heterocycles. The Morgan fingerprint density at radius 2 is 2.04 bits per heavy atom. The van der Waals surface area contributed by atoms with E-state index in [9.17, 15) is 4.79 Å². The van der Waals surface area contributed by atoms with Crippen molar-refractivity contribution in [1.82, 2.24) is 9.80 Å². The Morgan fingerprint density at radius 3 is 2.83 bits per heavy atom. The number of rotatable bonds is 3. The number of nitrogens with zero attached hydrogens (tertiary/aromatic N) is 3. The maximum atomic E-state index is 13.1. The zero-order valence-electron chi connectivity index (χ0n) is 14.1. The second-order valence-corrected chi connectivity index (χ2v) is 7.78. The highest BCUT2D eigenvalue weighted by Gasteiger charge is 2.28. The standard InChI is InChI=1S/C19H25N3OS/c20-13-16-6-4-7-17(12-16)19(23)22-10-5-11-24-15-18(22)14-21-8-2-1-3-9-21/h4,6-7,12,18H,1-3,5,8-11,14-15H2. The Balaban J connectivity index is 1.75. The summed E-state index contributed by atoms with van der Waals surface area (Å²) in [5, 5.41) is 9.08. The van der Waals surface area contributed by atoms with Crippen LogP contribution in [0, 0.1) is 11.3 Å². The molecular formula is C19H25N3OS. The van der Waals surface area contributed by atoms with Crippen LogP contribution in [-0.4, -0.2) is 59.4 Å². The van der Waals surface area contributed by atoms with Gasteiger partial charge in [-0.25, -0.2) is 0 Å². The van der Waals surface area contributed by atoms with Gasteiger partial charge in [-0.3, -0.25) is 4.79 Å². The van der Waals surface area contributed by atoms with Crippen LogP contribution in [-0.2, 0) is 0 Å². The third kappa shape index (κ3) is 4.31. The van der Waals surface area contributed by atoms with Crippen LogP contribution in [0.25, 0.3) is 0 Å². The van der Waals surface area contributed by atoms with Crippen LogP contribution < -0.4 is 0 Å². The third-order valence-electron chi connectivity index (χ3n) is 4.86. The van der Waals surface area contributed by atoms with Crippen LogP contribution >= 0.6 is 11.8 Å². The fourth-order valence-electron chi connectivity index (χ4n) is 3.58. The summed E-state index contributed by atoms with van der Waals surface area (Å²) in [5.41, 5.74) is 1.20. The zero-order valence-corrected chi connectivity index (χ0v) is 14.9. The molecule has 0 aliphatic carbocycles. The molecule has 2 fully saturated rings. The lowest BCUT2D eigenvalue weighted by atomic mass is 10.1. The summed E-state index contributed by atoms with van der Waals surface area (Å²) in [7, 11) is 0. The Bertz CT molecular complexity index is 607. The van der Waals surface area contributed by atoms with Crippen LogP contribution in [0.15, 0.2) is 24.3 Å². The van der Waals surface area contributed by atoms with Gasteiger partial charge in [0.2, 0.25) is 0 Å². The zero-order chi connectivity index (χ0) is 16.8. The van der Waals surface area contributed by atoms with Crippen molar-refractivity contribution in [2.45, 2.75) is 31.7 Å². The Kier molecular flexibility index (Phi) is 6.17. The van der Waals surface area contributed by atoms with E-state index in [4.69, 9.17) is 5.26 Å². The van der Waals surface area contributed by atoms with E-state index in [1.165, 1.54) is 19.3 Å². The van der Waals surface area contributed by atoms with Crippen molar-refractivity contribution in [1.29, 1.82) is 5.26 Å². The fourth-order valence-corrected chi connectivity index (χ4v) is 4.63. The first-order chi connectivity index (χ1) is 11.8. The lowest BCUT2D eigenvalue weighted by Gasteiger charge is -2.35. The molecule has 0 spiro atoms. The van der Waals surface area contributed by atoms with Crippen molar-refractivity contribution in [2.75, 3.05) is 37.7 Å². The van der Waals surface area contributed by atoms with Crippen molar-refractivity contribution < 1.29 is 4.79 Å². The topological polar surface area (TPSA) is 47.3 Å². The normalized spacial score (nSPS) is 22.6. The van der Waals surface area contributed by atoms with Crippen LogP contribution in [0.5, 0.6) is 0 Å². The number of nitriles is 1. The predicted molar refractivity (Wildman–Crippen MR) is 98.2 cm³/mol. The predicted octanol–water partition coefficient (Wildman–Crippen LogP) is 2.99. The molecule has 1 aromatic carbocycles. The maximum absolute atomic E-state index is 13.1. The average molecular weight is 343 g/mol. The highest BCUT2D eigenvalue weighted by molar-refractivity contribution is 7.99. The van der Waals surface area contributed by atoms with Gasteiger partial charge in [-0.05, 0) is 56.3 Å². The maximum Gasteiger partial charge on any atom is 0.254 e. The molecule has 0 saturated carbocycles. The number of amides is 1. The highest BCUT2D eigenvalue weighted by atomic mass is 32.2. The number of benzene rings is 1. The minimum atomic E-state index is 0.0802. The molecule has 4 nitrogen and oxygen atoms in total. The average Bonchev–Trinajstić information content (AvgIpc) is 2.87. The Labute approximate surface area is 148 Å². The van der Waals surface area contributed by atoms with Crippen LogP contribution in [0.4, 0.5) is 0 Å². The number of hydrogen-bond donors (Lipinski definition) is 0. The quantitative estimate of drug-likeness (QED) is 0.846. The van der Waals surface area contributed by atoms with E-state index in [1.54, 1.807) is 18.2 Å². The van der Waals surface area contributed by atoms with Gasteiger partial charge in [0.1, 0.15) is 0 Å². The summed E-state index contributed by atoms with van der Waals surface area (Å²) < 4.78 is 0.